The minimum absolute atomic E-state index is 0.152. The quantitative estimate of drug-likeness (QED) is 0.617. The van der Waals surface area contributed by atoms with Crippen LogP contribution in [0.1, 0.15) is 13.8 Å². The van der Waals surface area contributed by atoms with Gasteiger partial charge < -0.3 is 20.1 Å². The Kier molecular flexibility index (Phi) is 8.21. The summed E-state index contributed by atoms with van der Waals surface area (Å²) >= 11 is 3.38. The first kappa shape index (κ1) is 18.4. The van der Waals surface area contributed by atoms with Gasteiger partial charge in [-0.3, -0.25) is 4.90 Å². The summed E-state index contributed by atoms with van der Waals surface area (Å²) in [6.07, 6.45) is -1.73. The molecule has 0 saturated heterocycles. The molecular weight excluding hydrogens is 338 g/mol. The highest BCUT2D eigenvalue weighted by Gasteiger charge is 2.16. The highest BCUT2D eigenvalue weighted by atomic mass is 79.9. The Morgan fingerprint density at radius 2 is 1.62 bits per heavy atom. The van der Waals surface area contributed by atoms with Crippen molar-refractivity contribution in [1.29, 1.82) is 0 Å². The Morgan fingerprint density at radius 3 is 2.14 bits per heavy atom. The molecule has 0 heterocycles. The summed E-state index contributed by atoms with van der Waals surface area (Å²) in [6, 6.07) is 7.44. The van der Waals surface area contributed by atoms with Crippen LogP contribution >= 0.6 is 15.9 Å². The molecule has 1 aromatic rings. The number of rotatable bonds is 9. The van der Waals surface area contributed by atoms with Crippen LogP contribution in [0.25, 0.3) is 0 Å². The van der Waals surface area contributed by atoms with Gasteiger partial charge in [-0.1, -0.05) is 12.1 Å². The summed E-state index contributed by atoms with van der Waals surface area (Å²) in [7, 11) is 0. The maximum atomic E-state index is 10.1. The summed E-state index contributed by atoms with van der Waals surface area (Å²) in [6.45, 7) is 4.64. The molecule has 0 aromatic heterocycles. The molecule has 5 nitrogen and oxygen atoms in total. The fourth-order valence-electron chi connectivity index (χ4n) is 2.07. The molecule has 3 atom stereocenters. The molecule has 0 fully saturated rings. The summed E-state index contributed by atoms with van der Waals surface area (Å²) in [5.41, 5.74) is 0. The molecule has 0 radical (unpaired) electrons. The number of aliphatic hydroxyl groups excluding tert-OH is 3. The lowest BCUT2D eigenvalue weighted by Crippen LogP contribution is -2.42. The zero-order chi connectivity index (χ0) is 15.8. The molecule has 120 valence electrons. The van der Waals surface area contributed by atoms with Crippen LogP contribution in [0.4, 0.5) is 0 Å². The van der Waals surface area contributed by atoms with Gasteiger partial charge in [0.25, 0.3) is 0 Å². The van der Waals surface area contributed by atoms with Crippen molar-refractivity contribution in [3.8, 4) is 5.75 Å². The zero-order valence-electron chi connectivity index (χ0n) is 12.4. The Labute approximate surface area is 134 Å². The van der Waals surface area contributed by atoms with E-state index in [1.54, 1.807) is 13.8 Å². The molecule has 3 N–H and O–H groups in total. The normalized spacial score (nSPS) is 15.8. The Hall–Kier alpha value is -0.660. The molecule has 6 heteroatoms. The number of ether oxygens (including phenoxy) is 1. The zero-order valence-corrected chi connectivity index (χ0v) is 14.0. The Bertz CT molecular complexity index is 404. The minimum atomic E-state index is -0.699. The molecule has 0 bridgehead atoms. The highest BCUT2D eigenvalue weighted by Crippen LogP contribution is 2.23. The Balaban J connectivity index is 2.46. The van der Waals surface area contributed by atoms with Gasteiger partial charge in [0.15, 0.2) is 0 Å². The third-order valence-electron chi connectivity index (χ3n) is 2.78. The molecule has 0 spiro atoms. The van der Waals surface area contributed by atoms with Gasteiger partial charge in [-0.15, -0.1) is 0 Å². The number of hydrogen-bond donors (Lipinski definition) is 3. The van der Waals surface area contributed by atoms with Gasteiger partial charge in [0, 0.05) is 19.6 Å². The molecule has 0 aliphatic carbocycles. The monoisotopic (exact) mass is 361 g/mol. The van der Waals surface area contributed by atoms with E-state index in [1.165, 1.54) is 0 Å². The summed E-state index contributed by atoms with van der Waals surface area (Å²) < 4.78 is 6.40. The van der Waals surface area contributed by atoms with Crippen LogP contribution in [0.3, 0.4) is 0 Å². The molecule has 0 unspecified atom stereocenters. The van der Waals surface area contributed by atoms with Crippen LogP contribution in [0, 0.1) is 0 Å². The first-order chi connectivity index (χ1) is 9.88. The second kappa shape index (κ2) is 9.38. The molecule has 1 rings (SSSR count). The van der Waals surface area contributed by atoms with Gasteiger partial charge in [-0.05, 0) is 41.9 Å². The lowest BCUT2D eigenvalue weighted by atomic mass is 10.2. The fraction of sp³-hybridized carbons (Fsp3) is 0.600. The fourth-order valence-corrected chi connectivity index (χ4v) is 2.47. The first-order valence-corrected chi connectivity index (χ1v) is 7.81. The smallest absolute Gasteiger partial charge is 0.133 e. The van der Waals surface area contributed by atoms with E-state index in [2.05, 4.69) is 15.9 Å². The Morgan fingerprint density at radius 1 is 1.05 bits per heavy atom. The van der Waals surface area contributed by atoms with E-state index in [9.17, 15) is 15.3 Å². The second-order valence-corrected chi connectivity index (χ2v) is 6.17. The summed E-state index contributed by atoms with van der Waals surface area (Å²) in [5.74, 6) is 0.675. The third-order valence-corrected chi connectivity index (χ3v) is 3.44. The lowest BCUT2D eigenvalue weighted by Gasteiger charge is -2.27. The number of aliphatic hydroxyl groups is 3. The predicted octanol–water partition coefficient (Wildman–Crippen LogP) is 1.25. The van der Waals surface area contributed by atoms with Crippen molar-refractivity contribution >= 4 is 15.9 Å². The third kappa shape index (κ3) is 7.78. The van der Waals surface area contributed by atoms with E-state index in [0.29, 0.717) is 25.4 Å². The van der Waals surface area contributed by atoms with E-state index in [4.69, 9.17) is 4.74 Å². The van der Waals surface area contributed by atoms with Crippen molar-refractivity contribution in [3.05, 3.63) is 28.7 Å². The van der Waals surface area contributed by atoms with Crippen LogP contribution in [0.5, 0.6) is 5.75 Å². The topological polar surface area (TPSA) is 73.2 Å². The van der Waals surface area contributed by atoms with Gasteiger partial charge in [0.1, 0.15) is 18.5 Å². The number of hydrogen-bond acceptors (Lipinski definition) is 5. The van der Waals surface area contributed by atoms with Crippen molar-refractivity contribution in [2.45, 2.75) is 32.2 Å². The summed E-state index contributed by atoms with van der Waals surface area (Å²) in [4.78, 5) is 1.82. The number of halogens is 1. The standard InChI is InChI=1S/C15H24BrNO4/c1-11(18)7-17(8-12(2)19)9-13(20)10-21-15-6-4-3-5-14(15)16/h3-6,11-13,18-20H,7-10H2,1-2H3/t11-,12-,13+/m0/s1. The van der Waals surface area contributed by atoms with Crippen molar-refractivity contribution in [2.75, 3.05) is 26.2 Å². The number of benzene rings is 1. The second-order valence-electron chi connectivity index (χ2n) is 5.31. The lowest BCUT2D eigenvalue weighted by molar-refractivity contribution is 0.0299. The largest absolute Gasteiger partial charge is 0.490 e. The SMILES string of the molecule is C[C@H](O)CN(C[C@@H](O)COc1ccccc1Br)C[C@H](C)O. The van der Waals surface area contributed by atoms with Gasteiger partial charge in [-0.25, -0.2) is 0 Å². The molecule has 1 aromatic carbocycles. The van der Waals surface area contributed by atoms with Gasteiger partial charge in [-0.2, -0.15) is 0 Å². The van der Waals surface area contributed by atoms with Gasteiger partial charge in [0.05, 0.1) is 16.7 Å². The molecule has 0 aliphatic rings. The van der Waals surface area contributed by atoms with Crippen LogP contribution in [-0.4, -0.2) is 64.8 Å². The maximum Gasteiger partial charge on any atom is 0.133 e. The predicted molar refractivity (Wildman–Crippen MR) is 85.4 cm³/mol. The maximum absolute atomic E-state index is 10.1. The van der Waals surface area contributed by atoms with Crippen molar-refractivity contribution < 1.29 is 20.1 Å². The highest BCUT2D eigenvalue weighted by molar-refractivity contribution is 9.10. The van der Waals surface area contributed by atoms with E-state index < -0.39 is 18.3 Å². The molecule has 0 aliphatic heterocycles. The molecule has 0 saturated carbocycles. The minimum Gasteiger partial charge on any atom is -0.490 e. The van der Waals surface area contributed by atoms with Crippen LogP contribution in [0.2, 0.25) is 0 Å². The van der Waals surface area contributed by atoms with Crippen LogP contribution in [0.15, 0.2) is 28.7 Å². The van der Waals surface area contributed by atoms with Crippen LogP contribution < -0.4 is 4.74 Å². The van der Waals surface area contributed by atoms with E-state index in [1.807, 2.05) is 29.2 Å². The van der Waals surface area contributed by atoms with Gasteiger partial charge >= 0.3 is 0 Å². The van der Waals surface area contributed by atoms with Crippen LogP contribution in [-0.2, 0) is 0 Å². The van der Waals surface area contributed by atoms with E-state index in [-0.39, 0.29) is 6.61 Å². The number of para-hydroxylation sites is 1. The average molecular weight is 362 g/mol. The van der Waals surface area contributed by atoms with Gasteiger partial charge in [0.2, 0.25) is 0 Å². The van der Waals surface area contributed by atoms with Crippen molar-refractivity contribution in [2.24, 2.45) is 0 Å². The molecule has 0 amide bonds. The van der Waals surface area contributed by atoms with Crippen molar-refractivity contribution in [3.63, 3.8) is 0 Å². The molecular formula is C15H24BrNO4. The molecule has 21 heavy (non-hydrogen) atoms. The first-order valence-electron chi connectivity index (χ1n) is 7.02. The average Bonchev–Trinajstić information content (AvgIpc) is 2.36. The van der Waals surface area contributed by atoms with Crippen molar-refractivity contribution in [1.82, 2.24) is 4.90 Å². The van der Waals surface area contributed by atoms with E-state index >= 15 is 0 Å². The summed E-state index contributed by atoms with van der Waals surface area (Å²) in [5, 5.41) is 29.0. The van der Waals surface area contributed by atoms with E-state index in [0.717, 1.165) is 4.47 Å². The number of nitrogens with zero attached hydrogens (tertiary/aromatic N) is 1.